The van der Waals surface area contributed by atoms with Crippen LogP contribution in [-0.4, -0.2) is 0 Å². The van der Waals surface area contributed by atoms with E-state index in [4.69, 9.17) is 9.15 Å². The molecule has 0 unspecified atom stereocenters. The summed E-state index contributed by atoms with van der Waals surface area (Å²) in [6.07, 6.45) is 0. The molecular formula is C57H35NO2. The first kappa shape index (κ1) is 33.1. The number of anilines is 3. The summed E-state index contributed by atoms with van der Waals surface area (Å²) in [5.41, 5.74) is 14.3. The summed E-state index contributed by atoms with van der Waals surface area (Å²) in [4.78, 5) is 2.41. The summed E-state index contributed by atoms with van der Waals surface area (Å²) in [7, 11) is 0. The van der Waals surface area contributed by atoms with Crippen molar-refractivity contribution in [2.75, 3.05) is 4.90 Å². The van der Waals surface area contributed by atoms with Crippen LogP contribution in [0.4, 0.5) is 17.1 Å². The number of benzene rings is 10. The molecule has 1 aliphatic heterocycles. The van der Waals surface area contributed by atoms with E-state index in [1.54, 1.807) is 0 Å². The molecule has 1 aliphatic carbocycles. The second kappa shape index (κ2) is 12.6. The third-order valence-corrected chi connectivity index (χ3v) is 12.9. The van der Waals surface area contributed by atoms with Gasteiger partial charge in [0, 0.05) is 38.4 Å². The Balaban J connectivity index is 1.03. The highest BCUT2D eigenvalue weighted by atomic mass is 16.5. The fourth-order valence-corrected chi connectivity index (χ4v) is 10.5. The lowest BCUT2D eigenvalue weighted by atomic mass is 9.66. The zero-order chi connectivity index (χ0) is 39.4. The van der Waals surface area contributed by atoms with Crippen LogP contribution in [0.2, 0.25) is 0 Å². The smallest absolute Gasteiger partial charge is 0.145 e. The van der Waals surface area contributed by atoms with Gasteiger partial charge in [0.2, 0.25) is 0 Å². The van der Waals surface area contributed by atoms with Crippen LogP contribution in [0.1, 0.15) is 22.3 Å². The van der Waals surface area contributed by atoms with Gasteiger partial charge in [-0.05, 0) is 92.7 Å². The molecule has 3 heteroatoms. The van der Waals surface area contributed by atoms with Crippen molar-refractivity contribution in [2.24, 2.45) is 0 Å². The first-order chi connectivity index (χ1) is 29.8. The van der Waals surface area contributed by atoms with Crippen molar-refractivity contribution in [3.63, 3.8) is 0 Å². The van der Waals surface area contributed by atoms with Gasteiger partial charge in [-0.3, -0.25) is 0 Å². The predicted octanol–water partition coefficient (Wildman–Crippen LogP) is 15.5. The van der Waals surface area contributed by atoms with Gasteiger partial charge < -0.3 is 14.1 Å². The van der Waals surface area contributed by atoms with Gasteiger partial charge in [0.05, 0.1) is 16.8 Å². The summed E-state index contributed by atoms with van der Waals surface area (Å²) in [6, 6.07) is 76.6. The van der Waals surface area contributed by atoms with E-state index in [1.165, 1.54) is 49.7 Å². The molecule has 0 saturated heterocycles. The van der Waals surface area contributed by atoms with Crippen molar-refractivity contribution in [3.8, 4) is 33.8 Å². The molecule has 13 rings (SSSR count). The highest BCUT2D eigenvalue weighted by molar-refractivity contribution is 6.20. The number of ether oxygens (including phenoxy) is 1. The fourth-order valence-electron chi connectivity index (χ4n) is 10.5. The number of rotatable bonds is 4. The lowest BCUT2D eigenvalue weighted by Crippen LogP contribution is -2.32. The zero-order valence-electron chi connectivity index (χ0n) is 32.5. The molecule has 0 radical (unpaired) electrons. The standard InChI is InChI=1S/C57H35NO2/c1-2-17-40-36(14-1)15-11-25-49(40)58(50-26-12-16-38-32-35-43-42-18-4-8-27-51(42)60-56(43)54(38)50)39-33-30-37(31-34-39)41-20-13-24-48-55(41)44-19-3-5-21-45(44)57(48)46-22-6-9-28-52(46)59-53-29-10-7-23-47(53)57/h1-35H. The molecule has 0 saturated carbocycles. The SMILES string of the molecule is c1ccc2c(c1)Oc1ccccc1C21c2ccccc2-c2c(-c3ccc(N(c4cccc5ccccc45)c4cccc5ccc6c7ccccc7oc6c45)cc3)cccc21. The molecule has 2 aliphatic rings. The van der Waals surface area contributed by atoms with Crippen LogP contribution >= 0.6 is 0 Å². The van der Waals surface area contributed by atoms with Crippen LogP contribution in [0.5, 0.6) is 11.5 Å². The maximum atomic E-state index is 6.72. The van der Waals surface area contributed by atoms with E-state index < -0.39 is 5.41 Å². The first-order valence-electron chi connectivity index (χ1n) is 20.6. The Hall–Kier alpha value is -7.88. The van der Waals surface area contributed by atoms with Gasteiger partial charge in [0.25, 0.3) is 0 Å². The number of fused-ring (bicyclic) bond motifs is 15. The predicted molar refractivity (Wildman–Crippen MR) is 246 cm³/mol. The topological polar surface area (TPSA) is 25.6 Å². The number of hydrogen-bond acceptors (Lipinski definition) is 3. The number of nitrogens with zero attached hydrogens (tertiary/aromatic N) is 1. The van der Waals surface area contributed by atoms with E-state index in [0.29, 0.717) is 0 Å². The van der Waals surface area contributed by atoms with Gasteiger partial charge in [0.1, 0.15) is 22.7 Å². The Labute approximate surface area is 347 Å². The Morgan fingerprint density at radius 3 is 1.80 bits per heavy atom. The van der Waals surface area contributed by atoms with Crippen LogP contribution in [0.15, 0.2) is 217 Å². The number of para-hydroxylation sites is 3. The summed E-state index contributed by atoms with van der Waals surface area (Å²) in [5.74, 6) is 1.80. The quantitative estimate of drug-likeness (QED) is 0.178. The molecule has 0 amide bonds. The Morgan fingerprint density at radius 2 is 0.983 bits per heavy atom. The summed E-state index contributed by atoms with van der Waals surface area (Å²) in [5, 5.41) is 6.82. The van der Waals surface area contributed by atoms with Crippen LogP contribution in [0, 0.1) is 0 Å². The van der Waals surface area contributed by atoms with E-state index in [2.05, 4.69) is 211 Å². The summed E-state index contributed by atoms with van der Waals surface area (Å²) < 4.78 is 13.3. The molecule has 0 atom stereocenters. The Morgan fingerprint density at radius 1 is 0.383 bits per heavy atom. The molecule has 280 valence electrons. The molecular weight excluding hydrogens is 731 g/mol. The summed E-state index contributed by atoms with van der Waals surface area (Å²) >= 11 is 0. The number of hydrogen-bond donors (Lipinski definition) is 0. The second-order valence-electron chi connectivity index (χ2n) is 15.9. The average molecular weight is 766 g/mol. The second-order valence-corrected chi connectivity index (χ2v) is 15.9. The van der Waals surface area contributed by atoms with Crippen molar-refractivity contribution >= 4 is 60.5 Å². The van der Waals surface area contributed by atoms with Crippen molar-refractivity contribution < 1.29 is 9.15 Å². The average Bonchev–Trinajstić information content (AvgIpc) is 3.84. The van der Waals surface area contributed by atoms with E-state index in [1.807, 2.05) is 6.07 Å². The zero-order valence-corrected chi connectivity index (χ0v) is 32.5. The monoisotopic (exact) mass is 765 g/mol. The van der Waals surface area contributed by atoms with Crippen LogP contribution in [0.3, 0.4) is 0 Å². The van der Waals surface area contributed by atoms with Crippen molar-refractivity contribution in [2.45, 2.75) is 5.41 Å². The Kier molecular flexibility index (Phi) is 6.93. The maximum Gasteiger partial charge on any atom is 0.145 e. The first-order valence-corrected chi connectivity index (χ1v) is 20.6. The Bertz CT molecular complexity index is 3490. The van der Waals surface area contributed by atoms with Gasteiger partial charge in [-0.25, -0.2) is 0 Å². The summed E-state index contributed by atoms with van der Waals surface area (Å²) in [6.45, 7) is 0. The van der Waals surface area contributed by atoms with E-state index in [9.17, 15) is 0 Å². The minimum Gasteiger partial charge on any atom is -0.457 e. The lowest BCUT2D eigenvalue weighted by molar-refractivity contribution is 0.436. The van der Waals surface area contributed by atoms with Gasteiger partial charge in [-0.15, -0.1) is 0 Å². The third-order valence-electron chi connectivity index (χ3n) is 12.9. The van der Waals surface area contributed by atoms with Gasteiger partial charge >= 0.3 is 0 Å². The van der Waals surface area contributed by atoms with Gasteiger partial charge in [-0.2, -0.15) is 0 Å². The fraction of sp³-hybridized carbons (Fsp3) is 0.0175. The van der Waals surface area contributed by atoms with E-state index in [-0.39, 0.29) is 0 Å². The third kappa shape index (κ3) is 4.49. The van der Waals surface area contributed by atoms with Crippen molar-refractivity contribution in [1.82, 2.24) is 0 Å². The van der Waals surface area contributed by atoms with Crippen molar-refractivity contribution in [1.29, 1.82) is 0 Å². The van der Waals surface area contributed by atoms with E-state index in [0.717, 1.165) is 66.8 Å². The van der Waals surface area contributed by atoms with E-state index >= 15 is 0 Å². The molecule has 60 heavy (non-hydrogen) atoms. The highest BCUT2D eigenvalue weighted by Gasteiger charge is 2.51. The molecule has 10 aromatic carbocycles. The normalized spacial score (nSPS) is 13.3. The highest BCUT2D eigenvalue weighted by Crippen LogP contribution is 2.63. The molecule has 11 aromatic rings. The molecule has 0 fully saturated rings. The minimum absolute atomic E-state index is 0.519. The lowest BCUT2D eigenvalue weighted by Gasteiger charge is -2.39. The molecule has 2 heterocycles. The van der Waals surface area contributed by atoms with Gasteiger partial charge in [-0.1, -0.05) is 164 Å². The van der Waals surface area contributed by atoms with Crippen LogP contribution < -0.4 is 9.64 Å². The molecule has 1 spiro atoms. The van der Waals surface area contributed by atoms with Gasteiger partial charge in [0.15, 0.2) is 0 Å². The number of furan rings is 1. The van der Waals surface area contributed by atoms with Crippen LogP contribution in [-0.2, 0) is 5.41 Å². The molecule has 1 aromatic heterocycles. The molecule has 3 nitrogen and oxygen atoms in total. The minimum atomic E-state index is -0.519. The molecule has 0 N–H and O–H groups in total. The maximum absolute atomic E-state index is 6.72. The largest absolute Gasteiger partial charge is 0.457 e. The van der Waals surface area contributed by atoms with Crippen molar-refractivity contribution in [3.05, 3.63) is 235 Å². The molecule has 0 bridgehead atoms. The van der Waals surface area contributed by atoms with Crippen LogP contribution in [0.25, 0.3) is 65.7 Å².